The highest BCUT2D eigenvalue weighted by Crippen LogP contribution is 2.32. The highest BCUT2D eigenvalue weighted by molar-refractivity contribution is 5.70. The molecule has 1 heterocycles. The minimum Gasteiger partial charge on any atom is -0.494 e. The van der Waals surface area contributed by atoms with Gasteiger partial charge in [-0.15, -0.1) is 0 Å². The van der Waals surface area contributed by atoms with Gasteiger partial charge in [0.1, 0.15) is 0 Å². The van der Waals surface area contributed by atoms with E-state index in [1.807, 2.05) is 0 Å². The number of allylic oxidation sites excluding steroid dienone is 2. The molecule has 1 rings (SSSR count). The van der Waals surface area contributed by atoms with Crippen LogP contribution in [0.3, 0.4) is 0 Å². The van der Waals surface area contributed by atoms with Crippen molar-refractivity contribution in [2.75, 3.05) is 0 Å². The second kappa shape index (κ2) is 23.0. The van der Waals surface area contributed by atoms with Gasteiger partial charge < -0.3 is 10.2 Å². The Morgan fingerprint density at radius 1 is 0.600 bits per heavy atom. The fraction of sp³-hybridized carbons (Fsp3) is 0.812. The summed E-state index contributed by atoms with van der Waals surface area (Å²) in [5, 5.41) is 20.0. The molecule has 0 atom stereocenters. The third-order valence-corrected chi connectivity index (χ3v) is 7.38. The number of hydrogen-bond donors (Lipinski definition) is 3. The molecule has 0 saturated heterocycles. The zero-order valence-electron chi connectivity index (χ0n) is 23.5. The van der Waals surface area contributed by atoms with Gasteiger partial charge in [-0.3, -0.25) is 4.98 Å². The molecule has 3 nitrogen and oxygen atoms in total. The number of nitrogens with one attached hydrogen (secondary N) is 1. The van der Waals surface area contributed by atoms with Crippen molar-refractivity contribution < 1.29 is 10.2 Å². The molecule has 0 aliphatic carbocycles. The topological polar surface area (TPSA) is 56.2 Å². The van der Waals surface area contributed by atoms with Crippen molar-refractivity contribution in [2.24, 2.45) is 0 Å². The lowest BCUT2D eigenvalue weighted by Gasteiger charge is -2.08. The Hall–Kier alpha value is -1.38. The molecular formula is C32H59NO2. The van der Waals surface area contributed by atoms with E-state index >= 15 is 0 Å². The van der Waals surface area contributed by atoms with E-state index in [-0.39, 0.29) is 11.8 Å². The van der Waals surface area contributed by atoms with Crippen LogP contribution in [0.1, 0.15) is 174 Å². The Balaban J connectivity index is 2.19. The largest absolute Gasteiger partial charge is 0.494 e. The molecule has 1 aromatic heterocycles. The van der Waals surface area contributed by atoms with E-state index < -0.39 is 0 Å². The summed E-state index contributed by atoms with van der Waals surface area (Å²) in [4.78, 5) is 2.65. The van der Waals surface area contributed by atoms with Crippen molar-refractivity contribution in [2.45, 2.75) is 168 Å². The molecule has 0 aliphatic rings. The Labute approximate surface area is 218 Å². The fourth-order valence-corrected chi connectivity index (χ4v) is 5.09. The van der Waals surface area contributed by atoms with Crippen molar-refractivity contribution in [1.82, 2.24) is 4.98 Å². The van der Waals surface area contributed by atoms with Crippen molar-refractivity contribution in [1.29, 1.82) is 0 Å². The maximum Gasteiger partial charge on any atom is 0.198 e. The van der Waals surface area contributed by atoms with Crippen LogP contribution in [0.2, 0.25) is 0 Å². The van der Waals surface area contributed by atoms with Crippen LogP contribution in [0.5, 0.6) is 11.8 Å². The second-order valence-electron chi connectivity index (χ2n) is 10.8. The van der Waals surface area contributed by atoms with Gasteiger partial charge in [-0.05, 0) is 31.3 Å². The van der Waals surface area contributed by atoms with Gasteiger partial charge in [0.25, 0.3) is 0 Å². The van der Waals surface area contributed by atoms with E-state index in [0.29, 0.717) is 0 Å². The molecule has 0 fully saturated rings. The number of aromatic nitrogens is 1. The summed E-state index contributed by atoms with van der Waals surface area (Å²) in [6.45, 7) is 4.56. The summed E-state index contributed by atoms with van der Waals surface area (Å²) in [5.41, 5.74) is 1.99. The van der Waals surface area contributed by atoms with Gasteiger partial charge in [0, 0.05) is 11.6 Å². The van der Waals surface area contributed by atoms with Gasteiger partial charge in [0.15, 0.2) is 11.8 Å². The minimum absolute atomic E-state index is 0.0528. The number of aromatic hydroxyl groups is 2. The highest BCUT2D eigenvalue weighted by atomic mass is 16.3. The van der Waals surface area contributed by atoms with Crippen LogP contribution in [-0.2, 0) is 0 Å². The predicted octanol–water partition coefficient (Wildman–Crippen LogP) is 11.2. The van der Waals surface area contributed by atoms with Crippen LogP contribution in [0.15, 0.2) is 12.1 Å². The number of aromatic amines is 1. The molecular weight excluding hydrogens is 430 g/mol. The molecule has 0 spiro atoms. The van der Waals surface area contributed by atoms with Crippen LogP contribution in [-0.4, -0.2) is 15.2 Å². The Morgan fingerprint density at radius 3 is 1.40 bits per heavy atom. The molecule has 0 saturated carbocycles. The molecule has 204 valence electrons. The van der Waals surface area contributed by atoms with Crippen molar-refractivity contribution in [3.8, 4) is 11.8 Å². The molecule has 0 aromatic carbocycles. The van der Waals surface area contributed by atoms with Gasteiger partial charge in [-0.1, -0.05) is 148 Å². The Bertz CT molecular complexity index is 619. The summed E-state index contributed by atoms with van der Waals surface area (Å²) in [5.74, 6) is 0.160. The van der Waals surface area contributed by atoms with E-state index in [0.717, 1.165) is 24.8 Å². The lowest BCUT2D eigenvalue weighted by molar-refractivity contribution is 0.424. The van der Waals surface area contributed by atoms with Gasteiger partial charge >= 0.3 is 0 Å². The molecule has 35 heavy (non-hydrogen) atoms. The zero-order chi connectivity index (χ0) is 25.4. The monoisotopic (exact) mass is 489 g/mol. The predicted molar refractivity (Wildman–Crippen MR) is 154 cm³/mol. The smallest absolute Gasteiger partial charge is 0.198 e. The van der Waals surface area contributed by atoms with Crippen LogP contribution in [0.4, 0.5) is 0 Å². The molecule has 3 N–H and O–H groups in total. The maximum atomic E-state index is 10.2. The number of hydrogen-bond acceptors (Lipinski definition) is 2. The van der Waals surface area contributed by atoms with Gasteiger partial charge in [0.2, 0.25) is 0 Å². The zero-order valence-corrected chi connectivity index (χ0v) is 23.5. The number of H-pyrrole nitrogens is 1. The molecule has 1 aromatic rings. The van der Waals surface area contributed by atoms with E-state index in [2.05, 4.69) is 24.9 Å². The average Bonchev–Trinajstić information content (AvgIpc) is 3.19. The van der Waals surface area contributed by atoms with Crippen LogP contribution >= 0.6 is 0 Å². The van der Waals surface area contributed by atoms with Gasteiger partial charge in [-0.2, -0.15) is 0 Å². The summed E-state index contributed by atoms with van der Waals surface area (Å²) >= 11 is 0. The normalized spacial score (nSPS) is 12.0. The molecule has 0 aliphatic heterocycles. The van der Waals surface area contributed by atoms with Crippen molar-refractivity contribution in [3.63, 3.8) is 0 Å². The molecule has 0 radical (unpaired) electrons. The number of rotatable bonds is 25. The first-order chi connectivity index (χ1) is 17.2. The van der Waals surface area contributed by atoms with E-state index in [9.17, 15) is 10.2 Å². The Kier molecular flexibility index (Phi) is 20.8. The third-order valence-electron chi connectivity index (χ3n) is 7.38. The first kappa shape index (κ1) is 31.6. The van der Waals surface area contributed by atoms with Gasteiger partial charge in [0.05, 0.1) is 0 Å². The van der Waals surface area contributed by atoms with E-state index in [1.165, 1.54) is 140 Å². The van der Waals surface area contributed by atoms with E-state index in [4.69, 9.17) is 0 Å². The molecule has 0 amide bonds. The Morgan fingerprint density at radius 2 is 1.00 bits per heavy atom. The summed E-state index contributed by atoms with van der Waals surface area (Å²) in [7, 11) is 0. The highest BCUT2D eigenvalue weighted by Gasteiger charge is 2.11. The van der Waals surface area contributed by atoms with Crippen LogP contribution < -0.4 is 0 Å². The second-order valence-corrected chi connectivity index (χ2v) is 10.8. The average molecular weight is 490 g/mol. The summed E-state index contributed by atoms with van der Waals surface area (Å²) in [6, 6.07) is 1.68. The molecule has 0 unspecified atom stereocenters. The van der Waals surface area contributed by atoms with E-state index in [1.54, 1.807) is 6.07 Å². The molecule has 3 heteroatoms. The van der Waals surface area contributed by atoms with Crippen LogP contribution in [0, 0.1) is 0 Å². The van der Waals surface area contributed by atoms with Crippen molar-refractivity contribution in [3.05, 3.63) is 17.7 Å². The third kappa shape index (κ3) is 17.7. The number of unbranched alkanes of at least 4 members (excludes halogenated alkanes) is 21. The summed E-state index contributed by atoms with van der Waals surface area (Å²) < 4.78 is 0. The molecule has 0 bridgehead atoms. The van der Waals surface area contributed by atoms with Gasteiger partial charge in [-0.25, -0.2) is 0 Å². The lowest BCUT2D eigenvalue weighted by Crippen LogP contribution is -1.87. The standard InChI is InChI=1S/C32H59NO2/c1-3-5-7-9-11-13-15-17-19-21-23-25-27-29(30-28-31(34)33-32(30)35)26-24-22-20-18-16-14-12-10-8-6-4-2/h27-28,33-35H,3-26H2,1-2H3. The first-order valence-electron chi connectivity index (χ1n) is 15.5. The van der Waals surface area contributed by atoms with Crippen LogP contribution in [0.25, 0.3) is 5.57 Å². The fourth-order valence-electron chi connectivity index (χ4n) is 5.09. The quantitative estimate of drug-likeness (QED) is 0.120. The lowest BCUT2D eigenvalue weighted by atomic mass is 9.98. The maximum absolute atomic E-state index is 10.2. The first-order valence-corrected chi connectivity index (χ1v) is 15.5. The van der Waals surface area contributed by atoms with Crippen molar-refractivity contribution >= 4 is 5.57 Å². The SMILES string of the molecule is CCCCCCCCCCCCCC=C(CCCCCCCCCCCCC)c1cc(O)[nH]c1O. The summed E-state index contributed by atoms with van der Waals surface area (Å²) in [6.07, 6.45) is 34.1. The minimum atomic E-state index is 0.0528.